The first-order chi connectivity index (χ1) is 7.62. The number of aromatic nitrogens is 3. The van der Waals surface area contributed by atoms with E-state index in [9.17, 15) is 0 Å². The quantitative estimate of drug-likeness (QED) is 0.796. The van der Waals surface area contributed by atoms with Gasteiger partial charge in [-0.25, -0.2) is 0 Å². The number of nitrogens with two attached hydrogens (primary N) is 1. The third kappa shape index (κ3) is 2.71. The topological polar surface area (TPSA) is 71.2 Å². The Kier molecular flexibility index (Phi) is 4.28. The second-order valence-electron chi connectivity index (χ2n) is 3.48. The van der Waals surface area contributed by atoms with Gasteiger partial charge in [0, 0.05) is 26.7 Å². The van der Waals surface area contributed by atoms with Gasteiger partial charge in [0.25, 0.3) is 0 Å². The number of hydrogen-bond acceptors (Lipinski definition) is 6. The fraction of sp³-hybridized carbons (Fsp3) is 0.700. The minimum atomic E-state index is 0.271. The predicted molar refractivity (Wildman–Crippen MR) is 66.7 cm³/mol. The molecule has 0 aliphatic carbocycles. The summed E-state index contributed by atoms with van der Waals surface area (Å²) in [5.41, 5.74) is 5.68. The van der Waals surface area contributed by atoms with E-state index in [1.165, 1.54) is 0 Å². The zero-order valence-electron chi connectivity index (χ0n) is 10.4. The average molecular weight is 224 g/mol. The van der Waals surface area contributed by atoms with Crippen molar-refractivity contribution in [1.82, 2.24) is 15.0 Å². The molecule has 0 radical (unpaired) electrons. The van der Waals surface area contributed by atoms with Crippen LogP contribution in [0.5, 0.6) is 0 Å². The lowest BCUT2D eigenvalue weighted by molar-refractivity contribution is 0.801. The van der Waals surface area contributed by atoms with Gasteiger partial charge in [-0.05, 0) is 20.8 Å². The van der Waals surface area contributed by atoms with Crippen molar-refractivity contribution in [2.75, 3.05) is 42.2 Å². The van der Waals surface area contributed by atoms with E-state index in [1.54, 1.807) is 0 Å². The van der Waals surface area contributed by atoms with Gasteiger partial charge in [0.05, 0.1) is 0 Å². The molecule has 1 aromatic heterocycles. The molecule has 90 valence electrons. The fourth-order valence-corrected chi connectivity index (χ4v) is 1.33. The van der Waals surface area contributed by atoms with Crippen LogP contribution in [-0.2, 0) is 0 Å². The summed E-state index contributed by atoms with van der Waals surface area (Å²) >= 11 is 0. The first-order valence-corrected chi connectivity index (χ1v) is 5.59. The molecule has 0 fully saturated rings. The molecule has 16 heavy (non-hydrogen) atoms. The number of rotatable bonds is 5. The Hall–Kier alpha value is -1.59. The first kappa shape index (κ1) is 12.5. The predicted octanol–water partition coefficient (Wildman–Crippen LogP) is 0.756. The molecule has 0 bridgehead atoms. The van der Waals surface area contributed by atoms with Crippen LogP contribution in [0.3, 0.4) is 0 Å². The first-order valence-electron chi connectivity index (χ1n) is 5.59. The Morgan fingerprint density at radius 1 is 0.938 bits per heavy atom. The van der Waals surface area contributed by atoms with E-state index in [0.29, 0.717) is 11.9 Å². The van der Waals surface area contributed by atoms with Crippen molar-refractivity contribution in [3.8, 4) is 0 Å². The number of hydrogen-bond donors (Lipinski definition) is 1. The monoisotopic (exact) mass is 224 g/mol. The summed E-state index contributed by atoms with van der Waals surface area (Å²) in [5.74, 6) is 1.54. The molecule has 0 aliphatic rings. The molecular formula is C10H20N6. The summed E-state index contributed by atoms with van der Waals surface area (Å²) in [6.07, 6.45) is 0. The van der Waals surface area contributed by atoms with Crippen molar-refractivity contribution in [1.29, 1.82) is 0 Å². The largest absolute Gasteiger partial charge is 0.368 e. The molecule has 6 nitrogen and oxygen atoms in total. The summed E-state index contributed by atoms with van der Waals surface area (Å²) in [5, 5.41) is 0. The Balaban J connectivity index is 3.06. The van der Waals surface area contributed by atoms with Crippen molar-refractivity contribution in [2.45, 2.75) is 20.8 Å². The molecule has 0 spiro atoms. The zero-order valence-corrected chi connectivity index (χ0v) is 10.4. The Morgan fingerprint density at radius 2 is 1.50 bits per heavy atom. The third-order valence-electron chi connectivity index (χ3n) is 2.49. The third-order valence-corrected chi connectivity index (χ3v) is 2.49. The highest BCUT2D eigenvalue weighted by Crippen LogP contribution is 2.13. The summed E-state index contributed by atoms with van der Waals surface area (Å²) < 4.78 is 0. The van der Waals surface area contributed by atoms with E-state index in [2.05, 4.69) is 28.8 Å². The molecule has 0 aliphatic heterocycles. The average Bonchev–Trinajstić information content (AvgIpc) is 2.29. The smallest absolute Gasteiger partial charge is 0.231 e. The Bertz CT molecular complexity index is 336. The fourth-order valence-electron chi connectivity index (χ4n) is 1.33. The number of nitrogen functional groups attached to an aromatic ring is 1. The van der Waals surface area contributed by atoms with Crippen LogP contribution in [0.25, 0.3) is 0 Å². The molecule has 0 unspecified atom stereocenters. The zero-order chi connectivity index (χ0) is 12.1. The highest BCUT2D eigenvalue weighted by Gasteiger charge is 2.11. The van der Waals surface area contributed by atoms with E-state index in [1.807, 2.05) is 23.8 Å². The van der Waals surface area contributed by atoms with Gasteiger partial charge < -0.3 is 15.5 Å². The number of anilines is 3. The van der Waals surface area contributed by atoms with Crippen LogP contribution >= 0.6 is 0 Å². The summed E-state index contributed by atoms with van der Waals surface area (Å²) in [6.45, 7) is 8.71. The maximum Gasteiger partial charge on any atom is 0.231 e. The molecule has 0 amide bonds. The summed E-state index contributed by atoms with van der Waals surface area (Å²) in [4.78, 5) is 16.6. The maximum absolute atomic E-state index is 5.68. The minimum absolute atomic E-state index is 0.271. The highest BCUT2D eigenvalue weighted by atomic mass is 15.3. The molecule has 6 heteroatoms. The lowest BCUT2D eigenvalue weighted by atomic mass is 10.5. The molecule has 1 rings (SSSR count). The molecule has 2 N–H and O–H groups in total. The van der Waals surface area contributed by atoms with Crippen molar-refractivity contribution in [3.63, 3.8) is 0 Å². The Labute approximate surface area is 96.5 Å². The molecule has 1 heterocycles. The summed E-state index contributed by atoms with van der Waals surface area (Å²) in [6, 6.07) is 0. The van der Waals surface area contributed by atoms with Gasteiger partial charge in [-0.15, -0.1) is 0 Å². The van der Waals surface area contributed by atoms with Crippen molar-refractivity contribution >= 4 is 17.8 Å². The van der Waals surface area contributed by atoms with Crippen LogP contribution < -0.4 is 15.5 Å². The number of nitrogens with zero attached hydrogens (tertiary/aromatic N) is 5. The molecule has 1 aromatic rings. The van der Waals surface area contributed by atoms with E-state index in [4.69, 9.17) is 5.73 Å². The second-order valence-corrected chi connectivity index (χ2v) is 3.48. The van der Waals surface area contributed by atoms with Crippen LogP contribution in [0.4, 0.5) is 17.8 Å². The normalized spacial score (nSPS) is 10.2. The van der Waals surface area contributed by atoms with Crippen LogP contribution in [0, 0.1) is 0 Å². The van der Waals surface area contributed by atoms with Crippen LogP contribution in [-0.4, -0.2) is 41.6 Å². The molecule has 0 saturated heterocycles. The molecule has 0 saturated carbocycles. The SMILES string of the molecule is CCN(C)c1nc(N)nc(N(CC)CC)n1. The van der Waals surface area contributed by atoms with Gasteiger partial charge in [0.15, 0.2) is 0 Å². The maximum atomic E-state index is 5.68. The van der Waals surface area contributed by atoms with Crippen LogP contribution in [0.2, 0.25) is 0 Å². The standard InChI is InChI=1S/C10H20N6/c1-5-15(4)9-12-8(11)13-10(14-9)16(6-2)7-3/h5-7H2,1-4H3,(H2,11,12,13,14). The minimum Gasteiger partial charge on any atom is -0.368 e. The summed E-state index contributed by atoms with van der Waals surface area (Å²) in [7, 11) is 1.93. The van der Waals surface area contributed by atoms with Gasteiger partial charge >= 0.3 is 0 Å². The highest BCUT2D eigenvalue weighted by molar-refractivity contribution is 5.42. The van der Waals surface area contributed by atoms with E-state index >= 15 is 0 Å². The molecule has 0 aromatic carbocycles. The van der Waals surface area contributed by atoms with Gasteiger partial charge in [0.1, 0.15) is 0 Å². The molecule has 0 atom stereocenters. The van der Waals surface area contributed by atoms with Crippen molar-refractivity contribution in [3.05, 3.63) is 0 Å². The van der Waals surface area contributed by atoms with Gasteiger partial charge in [-0.3, -0.25) is 0 Å². The van der Waals surface area contributed by atoms with E-state index in [-0.39, 0.29) is 5.95 Å². The molecular weight excluding hydrogens is 204 g/mol. The second kappa shape index (κ2) is 5.48. The lowest BCUT2D eigenvalue weighted by Gasteiger charge is -2.21. The van der Waals surface area contributed by atoms with E-state index in [0.717, 1.165) is 19.6 Å². The van der Waals surface area contributed by atoms with Crippen molar-refractivity contribution < 1.29 is 0 Å². The Morgan fingerprint density at radius 3 is 2.00 bits per heavy atom. The lowest BCUT2D eigenvalue weighted by Crippen LogP contribution is -2.27. The van der Waals surface area contributed by atoms with Gasteiger partial charge in [-0.1, -0.05) is 0 Å². The van der Waals surface area contributed by atoms with Crippen molar-refractivity contribution in [2.24, 2.45) is 0 Å². The van der Waals surface area contributed by atoms with E-state index < -0.39 is 0 Å². The van der Waals surface area contributed by atoms with Gasteiger partial charge in [0.2, 0.25) is 17.8 Å². The van der Waals surface area contributed by atoms with Gasteiger partial charge in [-0.2, -0.15) is 15.0 Å². The van der Waals surface area contributed by atoms with Crippen LogP contribution in [0.15, 0.2) is 0 Å². The van der Waals surface area contributed by atoms with Crippen LogP contribution in [0.1, 0.15) is 20.8 Å².